The number of aromatic nitrogens is 1. The van der Waals surface area contributed by atoms with Crippen molar-refractivity contribution >= 4 is 29.1 Å². The average molecular weight is 304 g/mol. The third-order valence-electron chi connectivity index (χ3n) is 2.93. The highest BCUT2D eigenvalue weighted by molar-refractivity contribution is 6.30. The number of benzene rings is 1. The van der Waals surface area contributed by atoms with Gasteiger partial charge < -0.3 is 10.6 Å². The van der Waals surface area contributed by atoms with Crippen molar-refractivity contribution in [3.63, 3.8) is 0 Å². The molecule has 108 valence electrons. The number of hydrogen-bond acceptors (Lipinski definition) is 3. The van der Waals surface area contributed by atoms with Crippen LogP contribution in [-0.2, 0) is 0 Å². The molecule has 0 bridgehead atoms. The second-order valence-electron chi connectivity index (χ2n) is 4.45. The van der Waals surface area contributed by atoms with Gasteiger partial charge in [-0.2, -0.15) is 0 Å². The van der Waals surface area contributed by atoms with Crippen LogP contribution in [0.4, 0.5) is 5.69 Å². The molecule has 0 fully saturated rings. The molecule has 2 aromatic rings. The molecule has 0 spiro atoms. The van der Waals surface area contributed by atoms with Crippen LogP contribution in [0.1, 0.15) is 26.3 Å². The van der Waals surface area contributed by atoms with Crippen LogP contribution in [0.15, 0.2) is 36.7 Å². The minimum absolute atomic E-state index is 0.171. The lowest BCUT2D eigenvalue weighted by Gasteiger charge is -2.10. The molecule has 2 amide bonds. The Labute approximate surface area is 127 Å². The van der Waals surface area contributed by atoms with E-state index in [0.717, 1.165) is 5.56 Å². The van der Waals surface area contributed by atoms with Gasteiger partial charge in [-0.1, -0.05) is 11.6 Å². The summed E-state index contributed by atoms with van der Waals surface area (Å²) in [5.41, 5.74) is 2.33. The molecular formula is C15H14ClN3O2. The largest absolute Gasteiger partial charge is 0.355 e. The van der Waals surface area contributed by atoms with E-state index in [9.17, 15) is 9.59 Å². The van der Waals surface area contributed by atoms with E-state index in [4.69, 9.17) is 11.6 Å². The van der Waals surface area contributed by atoms with Gasteiger partial charge in [0.1, 0.15) is 0 Å². The van der Waals surface area contributed by atoms with Gasteiger partial charge in [-0.3, -0.25) is 14.6 Å². The molecule has 2 rings (SSSR count). The molecule has 0 aliphatic rings. The maximum Gasteiger partial charge on any atom is 0.257 e. The van der Waals surface area contributed by atoms with Gasteiger partial charge in [-0.15, -0.1) is 0 Å². The molecule has 5 nitrogen and oxygen atoms in total. The first-order valence-electron chi connectivity index (χ1n) is 6.26. The molecule has 0 aliphatic carbocycles. The number of amides is 2. The molecular weight excluding hydrogens is 290 g/mol. The molecule has 0 aliphatic heterocycles. The van der Waals surface area contributed by atoms with Crippen molar-refractivity contribution < 1.29 is 9.59 Å². The summed E-state index contributed by atoms with van der Waals surface area (Å²) in [7, 11) is 1.57. The summed E-state index contributed by atoms with van der Waals surface area (Å²) in [6.07, 6.45) is 2.90. The van der Waals surface area contributed by atoms with Crippen LogP contribution in [0.3, 0.4) is 0 Å². The second kappa shape index (κ2) is 6.37. The van der Waals surface area contributed by atoms with Crippen molar-refractivity contribution in [1.82, 2.24) is 10.3 Å². The van der Waals surface area contributed by atoms with E-state index in [0.29, 0.717) is 21.8 Å². The molecule has 1 aromatic carbocycles. The van der Waals surface area contributed by atoms with Crippen molar-refractivity contribution in [2.75, 3.05) is 12.4 Å². The Bertz CT molecular complexity index is 701. The Balaban J connectivity index is 2.20. The first-order chi connectivity index (χ1) is 10.0. The number of halogens is 1. The fraction of sp³-hybridized carbons (Fsp3) is 0.133. The molecule has 1 aromatic heterocycles. The van der Waals surface area contributed by atoms with E-state index >= 15 is 0 Å². The van der Waals surface area contributed by atoms with E-state index in [1.807, 2.05) is 6.92 Å². The predicted molar refractivity (Wildman–Crippen MR) is 81.8 cm³/mol. The normalized spacial score (nSPS) is 10.0. The fourth-order valence-electron chi connectivity index (χ4n) is 1.82. The first-order valence-corrected chi connectivity index (χ1v) is 6.63. The van der Waals surface area contributed by atoms with E-state index in [1.54, 1.807) is 25.2 Å². The Morgan fingerprint density at radius 3 is 2.48 bits per heavy atom. The van der Waals surface area contributed by atoms with Gasteiger partial charge in [0.15, 0.2) is 0 Å². The van der Waals surface area contributed by atoms with Gasteiger partial charge in [0.05, 0.1) is 10.6 Å². The fourth-order valence-corrected chi connectivity index (χ4v) is 1.99. The van der Waals surface area contributed by atoms with Gasteiger partial charge in [-0.05, 0) is 36.8 Å². The molecule has 0 unspecified atom stereocenters. The minimum atomic E-state index is -0.305. The van der Waals surface area contributed by atoms with Gasteiger partial charge in [0.25, 0.3) is 11.8 Å². The number of nitrogens with one attached hydrogen (secondary N) is 2. The summed E-state index contributed by atoms with van der Waals surface area (Å²) in [5, 5.41) is 5.72. The number of rotatable bonds is 3. The number of nitrogens with zero attached hydrogens (tertiary/aromatic N) is 1. The van der Waals surface area contributed by atoms with Crippen LogP contribution < -0.4 is 10.6 Å². The minimum Gasteiger partial charge on any atom is -0.355 e. The third-order valence-corrected chi connectivity index (χ3v) is 3.14. The molecule has 0 radical (unpaired) electrons. The lowest BCUT2D eigenvalue weighted by molar-refractivity contribution is 0.0962. The van der Waals surface area contributed by atoms with Gasteiger partial charge in [-0.25, -0.2) is 0 Å². The zero-order valence-electron chi connectivity index (χ0n) is 11.6. The maximum absolute atomic E-state index is 12.1. The topological polar surface area (TPSA) is 71.1 Å². The van der Waals surface area contributed by atoms with Crippen molar-refractivity contribution in [3.8, 4) is 0 Å². The zero-order valence-corrected chi connectivity index (χ0v) is 12.4. The van der Waals surface area contributed by atoms with Crippen molar-refractivity contribution in [3.05, 3.63) is 58.4 Å². The van der Waals surface area contributed by atoms with Crippen molar-refractivity contribution in [1.29, 1.82) is 0 Å². The average Bonchev–Trinajstić information content (AvgIpc) is 2.48. The number of carbonyl (C=O) groups is 2. The number of aryl methyl sites for hydroxylation is 1. The lowest BCUT2D eigenvalue weighted by atomic mass is 10.1. The van der Waals surface area contributed by atoms with E-state index in [-0.39, 0.29) is 11.8 Å². The highest BCUT2D eigenvalue weighted by atomic mass is 35.5. The second-order valence-corrected chi connectivity index (χ2v) is 4.89. The van der Waals surface area contributed by atoms with Crippen LogP contribution in [0.5, 0.6) is 0 Å². The van der Waals surface area contributed by atoms with E-state index in [1.165, 1.54) is 18.5 Å². The summed E-state index contributed by atoms with van der Waals surface area (Å²) in [4.78, 5) is 27.5. The summed E-state index contributed by atoms with van der Waals surface area (Å²) >= 11 is 5.81. The number of pyridine rings is 1. The number of carbonyl (C=O) groups excluding carboxylic acids is 2. The van der Waals surface area contributed by atoms with E-state index < -0.39 is 0 Å². The van der Waals surface area contributed by atoms with Crippen LogP contribution in [0.2, 0.25) is 5.02 Å². The molecule has 1 heterocycles. The lowest BCUT2D eigenvalue weighted by Crippen LogP contribution is -2.18. The Morgan fingerprint density at radius 1 is 1.10 bits per heavy atom. The highest BCUT2D eigenvalue weighted by Gasteiger charge is 2.10. The van der Waals surface area contributed by atoms with Crippen LogP contribution in [0, 0.1) is 6.92 Å². The van der Waals surface area contributed by atoms with Crippen LogP contribution in [0.25, 0.3) is 0 Å². The highest BCUT2D eigenvalue weighted by Crippen LogP contribution is 2.18. The quantitative estimate of drug-likeness (QED) is 0.915. The molecule has 21 heavy (non-hydrogen) atoms. The zero-order chi connectivity index (χ0) is 15.4. The molecule has 2 N–H and O–H groups in total. The standard InChI is InChI=1S/C15H14ClN3O2/c1-9-5-10(14(20)17-2)3-4-13(9)19-15(21)11-6-12(16)8-18-7-11/h3-8H,1-2H3,(H,17,20)(H,19,21). The Morgan fingerprint density at radius 2 is 1.86 bits per heavy atom. The molecule has 0 atom stereocenters. The molecule has 0 saturated heterocycles. The van der Waals surface area contributed by atoms with Gasteiger partial charge in [0.2, 0.25) is 0 Å². The number of hydrogen-bond donors (Lipinski definition) is 2. The Hall–Kier alpha value is -2.40. The van der Waals surface area contributed by atoms with Gasteiger partial charge >= 0.3 is 0 Å². The van der Waals surface area contributed by atoms with Crippen molar-refractivity contribution in [2.24, 2.45) is 0 Å². The summed E-state index contributed by atoms with van der Waals surface area (Å²) < 4.78 is 0. The maximum atomic E-state index is 12.1. The number of anilines is 1. The van der Waals surface area contributed by atoms with Gasteiger partial charge in [0, 0.05) is 30.7 Å². The Kier molecular flexibility index (Phi) is 4.55. The third kappa shape index (κ3) is 3.58. The summed E-state index contributed by atoms with van der Waals surface area (Å²) in [6.45, 7) is 1.82. The van der Waals surface area contributed by atoms with Crippen molar-refractivity contribution in [2.45, 2.75) is 6.92 Å². The summed E-state index contributed by atoms with van der Waals surface area (Å²) in [6, 6.07) is 6.59. The molecule has 6 heteroatoms. The first kappa shape index (κ1) is 15.0. The monoisotopic (exact) mass is 303 g/mol. The van der Waals surface area contributed by atoms with Crippen LogP contribution in [-0.4, -0.2) is 23.8 Å². The van der Waals surface area contributed by atoms with E-state index in [2.05, 4.69) is 15.6 Å². The molecule has 0 saturated carbocycles. The predicted octanol–water partition coefficient (Wildman–Crippen LogP) is 2.66. The SMILES string of the molecule is CNC(=O)c1ccc(NC(=O)c2cncc(Cl)c2)c(C)c1. The van der Waals surface area contributed by atoms with Crippen LogP contribution >= 0.6 is 11.6 Å². The smallest absolute Gasteiger partial charge is 0.257 e. The summed E-state index contributed by atoms with van der Waals surface area (Å²) in [5.74, 6) is -0.476.